The third-order valence-electron chi connectivity index (χ3n) is 1.61. The molecule has 1 rings (SSSR count). The van der Waals surface area contributed by atoms with Gasteiger partial charge in [-0.2, -0.15) is 5.48 Å². The number of nitrogens with one attached hydrogen (secondary N) is 1. The van der Waals surface area contributed by atoms with Crippen LogP contribution in [0.5, 0.6) is 0 Å². The zero-order valence-electron chi connectivity index (χ0n) is 8.00. The summed E-state index contributed by atoms with van der Waals surface area (Å²) >= 11 is 5.88. The van der Waals surface area contributed by atoms with E-state index in [0.29, 0.717) is 24.8 Å². The molecule has 0 aromatic carbocycles. The summed E-state index contributed by atoms with van der Waals surface area (Å²) in [6.07, 6.45) is 3.30. The molecule has 1 heterocycles. The Morgan fingerprint density at radius 2 is 2.36 bits per heavy atom. The van der Waals surface area contributed by atoms with E-state index in [0.717, 1.165) is 5.56 Å². The van der Waals surface area contributed by atoms with Crippen LogP contribution in [0.4, 0.5) is 0 Å². The van der Waals surface area contributed by atoms with Gasteiger partial charge in [0.05, 0.1) is 18.2 Å². The number of methoxy groups -OCH3 is 1. The molecule has 0 fully saturated rings. The van der Waals surface area contributed by atoms with Gasteiger partial charge in [-0.3, -0.25) is 9.82 Å². The lowest BCUT2D eigenvalue weighted by Crippen LogP contribution is -2.17. The Bertz CT molecular complexity index is 271. The smallest absolute Gasteiger partial charge is 0.0916 e. The van der Waals surface area contributed by atoms with E-state index < -0.39 is 0 Å². The van der Waals surface area contributed by atoms with Gasteiger partial charge in [-0.15, -0.1) is 0 Å². The van der Waals surface area contributed by atoms with Gasteiger partial charge >= 0.3 is 0 Å². The second-order valence-electron chi connectivity index (χ2n) is 2.63. The van der Waals surface area contributed by atoms with Gasteiger partial charge in [0, 0.05) is 26.0 Å². The van der Waals surface area contributed by atoms with Crippen molar-refractivity contribution in [3.8, 4) is 0 Å². The highest BCUT2D eigenvalue weighted by Gasteiger charge is 1.98. The summed E-state index contributed by atoms with van der Waals surface area (Å²) in [5, 5.41) is 0.635. The Morgan fingerprint density at radius 3 is 3.07 bits per heavy atom. The van der Waals surface area contributed by atoms with Gasteiger partial charge in [0.25, 0.3) is 0 Å². The van der Waals surface area contributed by atoms with E-state index in [-0.39, 0.29) is 0 Å². The summed E-state index contributed by atoms with van der Waals surface area (Å²) in [6.45, 7) is 1.64. The molecular weight excluding hydrogens is 204 g/mol. The summed E-state index contributed by atoms with van der Waals surface area (Å²) < 4.78 is 4.82. The molecule has 1 aromatic rings. The lowest BCUT2D eigenvalue weighted by Gasteiger charge is -2.06. The molecule has 0 spiro atoms. The Kier molecular flexibility index (Phi) is 5.47. The maximum Gasteiger partial charge on any atom is 0.0916 e. The zero-order valence-corrected chi connectivity index (χ0v) is 8.75. The molecule has 1 aromatic heterocycles. The van der Waals surface area contributed by atoms with E-state index in [9.17, 15) is 0 Å². The number of ether oxygens (including phenoxy) is 1. The molecule has 0 saturated carbocycles. The van der Waals surface area contributed by atoms with Crippen molar-refractivity contribution in [3.05, 3.63) is 29.0 Å². The highest BCUT2D eigenvalue weighted by Crippen LogP contribution is 2.12. The number of aromatic nitrogens is 1. The first-order valence-electron chi connectivity index (χ1n) is 4.26. The first-order chi connectivity index (χ1) is 6.84. The molecule has 0 bridgehead atoms. The van der Waals surface area contributed by atoms with Crippen molar-refractivity contribution in [3.63, 3.8) is 0 Å². The van der Waals surface area contributed by atoms with Crippen molar-refractivity contribution in [2.24, 2.45) is 0 Å². The van der Waals surface area contributed by atoms with Gasteiger partial charge in [-0.05, 0) is 11.6 Å². The van der Waals surface area contributed by atoms with E-state index in [1.54, 1.807) is 19.5 Å². The molecule has 0 aliphatic rings. The summed E-state index contributed by atoms with van der Waals surface area (Å²) in [6, 6.07) is 1.84. The minimum absolute atomic E-state index is 0.513. The van der Waals surface area contributed by atoms with Crippen LogP contribution < -0.4 is 5.48 Å². The number of hydrogen-bond acceptors (Lipinski definition) is 4. The van der Waals surface area contributed by atoms with Gasteiger partial charge in [-0.1, -0.05) is 11.6 Å². The molecule has 0 unspecified atom stereocenters. The molecule has 4 nitrogen and oxygen atoms in total. The van der Waals surface area contributed by atoms with Gasteiger partial charge in [0.15, 0.2) is 0 Å². The van der Waals surface area contributed by atoms with Crippen LogP contribution in [0, 0.1) is 0 Å². The van der Waals surface area contributed by atoms with Gasteiger partial charge < -0.3 is 4.74 Å². The van der Waals surface area contributed by atoms with Crippen molar-refractivity contribution in [2.45, 2.75) is 6.54 Å². The number of hydroxylamine groups is 1. The summed E-state index contributed by atoms with van der Waals surface area (Å²) in [4.78, 5) is 8.96. The number of halogens is 1. The monoisotopic (exact) mass is 216 g/mol. The molecular formula is C9H13ClN2O2. The van der Waals surface area contributed by atoms with Crippen molar-refractivity contribution < 1.29 is 9.57 Å². The zero-order chi connectivity index (χ0) is 10.2. The Balaban J connectivity index is 2.21. The standard InChI is InChI=1S/C9H13ClN2O2/c1-13-4-5-14-12-6-8-2-3-11-7-9(8)10/h2-3,7,12H,4-6H2,1H3. The first-order valence-corrected chi connectivity index (χ1v) is 4.64. The molecule has 14 heavy (non-hydrogen) atoms. The van der Waals surface area contributed by atoms with E-state index in [1.165, 1.54) is 0 Å². The van der Waals surface area contributed by atoms with Crippen molar-refractivity contribution in [1.29, 1.82) is 0 Å². The van der Waals surface area contributed by atoms with E-state index in [1.807, 2.05) is 6.07 Å². The van der Waals surface area contributed by atoms with Crippen LogP contribution in [0.3, 0.4) is 0 Å². The molecule has 0 amide bonds. The topological polar surface area (TPSA) is 43.4 Å². The van der Waals surface area contributed by atoms with Gasteiger partial charge in [0.1, 0.15) is 0 Å². The Hall–Kier alpha value is -0.680. The maximum absolute atomic E-state index is 5.88. The van der Waals surface area contributed by atoms with Crippen LogP contribution in [-0.2, 0) is 16.1 Å². The average molecular weight is 217 g/mol. The molecule has 0 aliphatic heterocycles. The highest BCUT2D eigenvalue weighted by atomic mass is 35.5. The Morgan fingerprint density at radius 1 is 1.50 bits per heavy atom. The fraction of sp³-hybridized carbons (Fsp3) is 0.444. The quantitative estimate of drug-likeness (QED) is 0.577. The predicted molar refractivity (Wildman–Crippen MR) is 53.9 cm³/mol. The third kappa shape index (κ3) is 4.02. The molecule has 0 radical (unpaired) electrons. The largest absolute Gasteiger partial charge is 0.382 e. The van der Waals surface area contributed by atoms with Crippen LogP contribution in [0.15, 0.2) is 18.5 Å². The second kappa shape index (κ2) is 6.73. The van der Waals surface area contributed by atoms with Gasteiger partial charge in [0.2, 0.25) is 0 Å². The van der Waals surface area contributed by atoms with Crippen molar-refractivity contribution in [2.75, 3.05) is 20.3 Å². The lowest BCUT2D eigenvalue weighted by atomic mass is 10.3. The fourth-order valence-corrected chi connectivity index (χ4v) is 1.06. The Labute approximate surface area is 88.1 Å². The maximum atomic E-state index is 5.88. The van der Waals surface area contributed by atoms with Crippen molar-refractivity contribution in [1.82, 2.24) is 10.5 Å². The number of nitrogens with zero attached hydrogens (tertiary/aromatic N) is 1. The summed E-state index contributed by atoms with van der Waals surface area (Å²) in [5.41, 5.74) is 3.74. The SMILES string of the molecule is COCCONCc1ccncc1Cl. The predicted octanol–water partition coefficient (Wildman–Crippen LogP) is 1.40. The minimum Gasteiger partial charge on any atom is -0.382 e. The summed E-state index contributed by atoms with van der Waals surface area (Å²) in [5.74, 6) is 0. The first kappa shape index (κ1) is 11.4. The number of pyridine rings is 1. The van der Waals surface area contributed by atoms with E-state index in [4.69, 9.17) is 21.2 Å². The fourth-order valence-electron chi connectivity index (χ4n) is 0.873. The van der Waals surface area contributed by atoms with Crippen LogP contribution in [0.25, 0.3) is 0 Å². The second-order valence-corrected chi connectivity index (χ2v) is 3.04. The molecule has 1 N–H and O–H groups in total. The van der Waals surface area contributed by atoms with Crippen LogP contribution in [-0.4, -0.2) is 25.3 Å². The number of hydrogen-bond donors (Lipinski definition) is 1. The van der Waals surface area contributed by atoms with Crippen LogP contribution >= 0.6 is 11.6 Å². The van der Waals surface area contributed by atoms with Gasteiger partial charge in [-0.25, -0.2) is 0 Å². The molecule has 0 aliphatic carbocycles. The average Bonchev–Trinajstić information content (AvgIpc) is 2.20. The van der Waals surface area contributed by atoms with E-state index >= 15 is 0 Å². The summed E-state index contributed by atoms with van der Waals surface area (Å²) in [7, 11) is 1.63. The number of rotatable bonds is 6. The van der Waals surface area contributed by atoms with Crippen molar-refractivity contribution >= 4 is 11.6 Å². The molecule has 0 saturated heterocycles. The highest BCUT2D eigenvalue weighted by molar-refractivity contribution is 6.31. The third-order valence-corrected chi connectivity index (χ3v) is 1.95. The van der Waals surface area contributed by atoms with Crippen LogP contribution in [0.1, 0.15) is 5.56 Å². The molecule has 78 valence electrons. The normalized spacial score (nSPS) is 10.4. The lowest BCUT2D eigenvalue weighted by molar-refractivity contribution is 0.00347. The minimum atomic E-state index is 0.513. The van der Waals surface area contributed by atoms with E-state index in [2.05, 4.69) is 10.5 Å². The molecule has 0 atom stereocenters. The van der Waals surface area contributed by atoms with Crippen LogP contribution in [0.2, 0.25) is 5.02 Å². The molecule has 5 heteroatoms.